The van der Waals surface area contributed by atoms with Gasteiger partial charge in [0.15, 0.2) is 10.8 Å². The highest BCUT2D eigenvalue weighted by Gasteiger charge is 2.43. The maximum Gasteiger partial charge on any atom is 0.490 e. The molecule has 0 saturated carbocycles. The largest absolute Gasteiger partial charge is 0.490 e. The predicted molar refractivity (Wildman–Crippen MR) is 247 cm³/mol. The standard InChI is InChI=1S/C39H41N8O16P3S/c1-45(2)22-8-11-25-29(15-22)60-30-16-23(46(3)4)9-12-26(30)34(25)27-14-21(7-10-24(27)37(50)51)42-39(67)41-13-5-6-20-18-47(35-33(20)36(49)44-38(40)43-35)32-17-28(48)31(61-32)19-59-65(55,56)63-66(57,58)62-64(52,53)54/h7-12,14-16,18,28,31-32,48H,13,17,19H2,1-4H3,(H9-,40,41,42,43,44,49,50,51,52,53,54,55,56,57,58,67)/p+1/t28-,31+,32+/m0/s1. The van der Waals surface area contributed by atoms with Gasteiger partial charge in [0.25, 0.3) is 5.56 Å². The van der Waals surface area contributed by atoms with Crippen LogP contribution in [0.2, 0.25) is 0 Å². The van der Waals surface area contributed by atoms with Gasteiger partial charge in [-0.25, -0.2) is 23.1 Å². The lowest BCUT2D eigenvalue weighted by Gasteiger charge is -2.19. The first-order chi connectivity index (χ1) is 31.4. The van der Waals surface area contributed by atoms with Crippen molar-refractivity contribution in [1.82, 2.24) is 24.4 Å². The number of nitrogens with zero attached hydrogens (tertiary/aromatic N) is 4. The van der Waals surface area contributed by atoms with E-state index < -0.39 is 60.0 Å². The molecule has 28 heteroatoms. The maximum absolute atomic E-state index is 13.1. The lowest BCUT2D eigenvalue weighted by atomic mass is 9.90. The molecular formula is C39H42N8O16P3S+. The molecule has 0 bridgehead atoms. The third-order valence-corrected chi connectivity index (χ3v) is 14.1. The van der Waals surface area contributed by atoms with E-state index in [1.807, 2.05) is 74.1 Å². The molecule has 2 aromatic heterocycles. The van der Waals surface area contributed by atoms with E-state index in [2.05, 4.69) is 45.6 Å². The number of aromatic amines is 1. The molecule has 5 atom stereocenters. The molecule has 2 aromatic carbocycles. The highest BCUT2D eigenvalue weighted by atomic mass is 32.1. The van der Waals surface area contributed by atoms with Crippen LogP contribution in [0.15, 0.2) is 70.0 Å². The molecule has 7 rings (SSSR count). The van der Waals surface area contributed by atoms with Gasteiger partial charge in [-0.1, -0.05) is 11.8 Å². The van der Waals surface area contributed by atoms with Crippen LogP contribution in [0.1, 0.15) is 28.6 Å². The van der Waals surface area contributed by atoms with Crippen LogP contribution in [-0.2, 0) is 31.6 Å². The molecule has 24 nitrogen and oxygen atoms in total. The summed E-state index contributed by atoms with van der Waals surface area (Å²) in [4.78, 5) is 71.1. The third-order valence-electron chi connectivity index (χ3n) is 10.1. The average Bonchev–Trinajstić information content (AvgIpc) is 3.78. The van der Waals surface area contributed by atoms with Gasteiger partial charge in [-0.2, -0.15) is 13.6 Å². The van der Waals surface area contributed by atoms with Gasteiger partial charge in [-0.15, -0.1) is 0 Å². The van der Waals surface area contributed by atoms with Crippen LogP contribution in [0.5, 0.6) is 0 Å². The number of rotatable bonds is 13. The summed E-state index contributed by atoms with van der Waals surface area (Å²) in [6.07, 6.45) is -2.68. The number of anilines is 3. The molecule has 4 heterocycles. The van der Waals surface area contributed by atoms with Gasteiger partial charge in [0.1, 0.15) is 37.8 Å². The molecule has 11 N–H and O–H groups in total. The van der Waals surface area contributed by atoms with Crippen molar-refractivity contribution in [3.05, 3.63) is 87.6 Å². The summed E-state index contributed by atoms with van der Waals surface area (Å²) < 4.78 is 62.4. The zero-order valence-corrected chi connectivity index (χ0v) is 39.0. The van der Waals surface area contributed by atoms with Gasteiger partial charge < -0.3 is 64.8 Å². The molecule has 0 amide bonds. The molecule has 3 aliphatic rings. The Bertz CT molecular complexity index is 3280. The molecule has 0 spiro atoms. The molecule has 2 aliphatic heterocycles. The van der Waals surface area contributed by atoms with Crippen molar-refractivity contribution in [1.29, 1.82) is 0 Å². The zero-order chi connectivity index (χ0) is 48.7. The lowest BCUT2D eigenvalue weighted by Crippen LogP contribution is -2.28. The molecule has 2 unspecified atom stereocenters. The number of benzene rings is 3. The Morgan fingerprint density at radius 3 is 2.49 bits per heavy atom. The van der Waals surface area contributed by atoms with Crippen molar-refractivity contribution in [2.24, 2.45) is 0 Å². The number of carbonyl (C=O) groups is 1. The van der Waals surface area contributed by atoms with Crippen molar-refractivity contribution in [2.45, 2.75) is 24.9 Å². The number of carboxylic acids is 1. The van der Waals surface area contributed by atoms with Gasteiger partial charge in [-0.3, -0.25) is 14.3 Å². The van der Waals surface area contributed by atoms with Gasteiger partial charge >= 0.3 is 29.4 Å². The van der Waals surface area contributed by atoms with Gasteiger partial charge in [0.05, 0.1) is 41.8 Å². The number of ether oxygens (including phenoxy) is 1. The summed E-state index contributed by atoms with van der Waals surface area (Å²) in [7, 11) is -9.32. The van der Waals surface area contributed by atoms with E-state index in [1.165, 1.54) is 16.8 Å². The number of nitrogens with one attached hydrogen (secondary N) is 3. The Balaban J connectivity index is 1.10. The smallest absolute Gasteiger partial charge is 0.478 e. The molecule has 4 aromatic rings. The number of aliphatic hydroxyl groups is 1. The van der Waals surface area contributed by atoms with Crippen LogP contribution in [0.25, 0.3) is 44.5 Å². The summed E-state index contributed by atoms with van der Waals surface area (Å²) >= 11 is 5.57. The normalized spacial score (nSPS) is 18.0. The molecule has 354 valence electrons. The molecule has 1 aliphatic carbocycles. The minimum atomic E-state index is -5.79. The Kier molecular flexibility index (Phi) is 14.0. The number of nitrogens with two attached hydrogens (primary N) is 1. The minimum absolute atomic E-state index is 0.00658. The fourth-order valence-corrected chi connectivity index (χ4v) is 10.4. The van der Waals surface area contributed by atoms with E-state index >= 15 is 0 Å². The summed E-state index contributed by atoms with van der Waals surface area (Å²) in [5, 5.41) is 28.8. The second-order valence-corrected chi connectivity index (χ2v) is 20.0. The second-order valence-electron chi connectivity index (χ2n) is 15.2. The second kappa shape index (κ2) is 19.1. The quantitative estimate of drug-likeness (QED) is 0.0261. The average molecular weight is 1000 g/mol. The number of phosphoric ester groups is 1. The van der Waals surface area contributed by atoms with Crippen LogP contribution >= 0.6 is 35.7 Å². The summed E-state index contributed by atoms with van der Waals surface area (Å²) in [5.74, 6) is 4.88. The van der Waals surface area contributed by atoms with Crippen LogP contribution in [-0.4, -0.2) is 109 Å². The highest BCUT2D eigenvalue weighted by Crippen LogP contribution is 2.66. The van der Waals surface area contributed by atoms with Crippen molar-refractivity contribution < 1.29 is 70.6 Å². The summed E-state index contributed by atoms with van der Waals surface area (Å²) in [5.41, 5.74) is 8.97. The molecule has 1 saturated heterocycles. The maximum atomic E-state index is 13.1. The third kappa shape index (κ3) is 11.3. The number of carboxylic acid groups (broad SMARTS) is 1. The fourth-order valence-electron chi connectivity index (χ4n) is 7.16. The van der Waals surface area contributed by atoms with Gasteiger partial charge in [-0.05, 0) is 54.2 Å². The number of hydrogen-bond donors (Lipinski definition) is 10. The van der Waals surface area contributed by atoms with Crippen LogP contribution in [0.4, 0.5) is 17.3 Å². The first-order valence-corrected chi connectivity index (χ1v) is 24.4. The van der Waals surface area contributed by atoms with E-state index in [1.54, 1.807) is 12.1 Å². The summed E-state index contributed by atoms with van der Waals surface area (Å²) in [6, 6.07) is 16.1. The zero-order valence-electron chi connectivity index (χ0n) is 35.5. The predicted octanol–water partition coefficient (Wildman–Crippen LogP) is 2.95. The van der Waals surface area contributed by atoms with E-state index in [-0.39, 0.29) is 46.2 Å². The molecule has 0 radical (unpaired) electrons. The van der Waals surface area contributed by atoms with Crippen molar-refractivity contribution in [3.8, 4) is 34.3 Å². The van der Waals surface area contributed by atoms with Crippen molar-refractivity contribution in [2.75, 3.05) is 57.3 Å². The number of thiocarbonyl (C=S) groups is 1. The monoisotopic (exact) mass is 1000 g/mol. The number of nitrogen functional groups attached to an aromatic ring is 1. The highest BCUT2D eigenvalue weighted by molar-refractivity contribution is 7.80. The van der Waals surface area contributed by atoms with E-state index in [0.29, 0.717) is 39.1 Å². The first-order valence-electron chi connectivity index (χ1n) is 19.5. The van der Waals surface area contributed by atoms with Gasteiger partial charge in [0, 0.05) is 66.7 Å². The fraction of sp³-hybridized carbons (Fsp3) is 0.256. The topological polar surface area (TPSA) is 347 Å². The van der Waals surface area contributed by atoms with Crippen molar-refractivity contribution in [3.63, 3.8) is 0 Å². The van der Waals surface area contributed by atoms with E-state index in [9.17, 15) is 43.3 Å². The number of fused-ring (bicyclic) bond motifs is 3. The number of phosphoric acid groups is 3. The Hall–Kier alpha value is -5.80. The van der Waals surface area contributed by atoms with Crippen LogP contribution in [0.3, 0.4) is 0 Å². The Morgan fingerprint density at radius 1 is 1.06 bits per heavy atom. The van der Waals surface area contributed by atoms with Crippen LogP contribution in [0, 0.1) is 11.8 Å². The molecular weight excluding hydrogens is 961 g/mol. The molecule has 1 fully saturated rings. The Morgan fingerprint density at radius 2 is 1.81 bits per heavy atom. The minimum Gasteiger partial charge on any atom is -0.478 e. The lowest BCUT2D eigenvalue weighted by molar-refractivity contribution is -0.0421. The van der Waals surface area contributed by atoms with E-state index in [0.717, 1.165) is 11.0 Å². The van der Waals surface area contributed by atoms with Gasteiger partial charge in [0.2, 0.25) is 11.3 Å². The first kappa shape index (κ1) is 49.1. The number of hydrogen-bond acceptors (Lipinski definition) is 15. The number of aromatic nitrogens is 3. The van der Waals surface area contributed by atoms with Crippen molar-refractivity contribution >= 4 is 86.1 Å². The molecule has 67 heavy (non-hydrogen) atoms. The van der Waals surface area contributed by atoms with Crippen LogP contribution < -0.4 is 36.8 Å². The van der Waals surface area contributed by atoms with E-state index in [4.69, 9.17) is 36.9 Å². The number of aromatic carboxylic acids is 1. The SMILES string of the molecule is CN(C)c1ccc2c(-c3cc(NC(=S)NCC#Cc4cn([C@H]5C[C@H](O)[C@@H](COP(=O)(O)OP(=O)(O)OP(=O)(O)O)O5)c5nc(N)[nH]c(=O)c45)ccc3C(=O)O)c3ccc(=[N+](C)C)cc-3oc2c1. The number of H-pyrrole nitrogens is 1. The number of aliphatic hydroxyl groups excluding tert-OH is 1. The Labute approximate surface area is 384 Å². The summed E-state index contributed by atoms with van der Waals surface area (Å²) in [6.45, 7) is -0.988.